The van der Waals surface area contributed by atoms with E-state index in [1.54, 1.807) is 5.51 Å². The molecule has 3 heterocycles. The molecular formula is C10H9ClN2O2S2. The number of thiophene rings is 1. The topological polar surface area (TPSA) is 57.4 Å². The fraction of sp³-hybridized carbons (Fsp3) is 0.300. The first-order chi connectivity index (χ1) is 8.31. The molecule has 0 saturated heterocycles. The maximum absolute atomic E-state index is 6.13. The predicted molar refractivity (Wildman–Crippen MR) is 69.3 cm³/mol. The van der Waals surface area contributed by atoms with E-state index in [0.29, 0.717) is 35.6 Å². The highest BCUT2D eigenvalue weighted by Crippen LogP contribution is 2.52. The summed E-state index contributed by atoms with van der Waals surface area (Å²) in [6.07, 6.45) is 0. The summed E-state index contributed by atoms with van der Waals surface area (Å²) in [4.78, 5) is 6.27. The summed E-state index contributed by atoms with van der Waals surface area (Å²) < 4.78 is 11.7. The van der Waals surface area contributed by atoms with Gasteiger partial charge in [-0.1, -0.05) is 11.6 Å². The molecule has 7 heteroatoms. The van der Waals surface area contributed by atoms with Crippen molar-refractivity contribution in [3.63, 3.8) is 0 Å². The number of aromatic nitrogens is 1. The Bertz CT molecular complexity index is 552. The van der Waals surface area contributed by atoms with Crippen molar-refractivity contribution in [2.45, 2.75) is 6.54 Å². The highest BCUT2D eigenvalue weighted by Gasteiger charge is 2.26. The Morgan fingerprint density at radius 1 is 1.35 bits per heavy atom. The van der Waals surface area contributed by atoms with Crippen LogP contribution in [0.4, 0.5) is 0 Å². The van der Waals surface area contributed by atoms with Crippen LogP contribution in [0.1, 0.15) is 4.88 Å². The Labute approximate surface area is 111 Å². The Kier molecular flexibility index (Phi) is 2.96. The molecule has 1 aliphatic rings. The van der Waals surface area contributed by atoms with E-state index < -0.39 is 0 Å². The van der Waals surface area contributed by atoms with Crippen LogP contribution < -0.4 is 15.2 Å². The lowest BCUT2D eigenvalue weighted by atomic mass is 10.2. The van der Waals surface area contributed by atoms with Gasteiger partial charge >= 0.3 is 0 Å². The molecule has 0 fully saturated rings. The van der Waals surface area contributed by atoms with Crippen molar-refractivity contribution in [3.05, 3.63) is 14.7 Å². The second-order valence-corrected chi connectivity index (χ2v) is 5.95. The van der Waals surface area contributed by atoms with Crippen LogP contribution in [-0.4, -0.2) is 18.2 Å². The van der Waals surface area contributed by atoms with E-state index in [1.807, 2.05) is 0 Å². The van der Waals surface area contributed by atoms with E-state index in [1.165, 1.54) is 22.7 Å². The van der Waals surface area contributed by atoms with Gasteiger partial charge in [-0.3, -0.25) is 0 Å². The number of ether oxygens (including phenoxy) is 2. The Morgan fingerprint density at radius 3 is 2.88 bits per heavy atom. The first-order valence-corrected chi connectivity index (χ1v) is 7.09. The Morgan fingerprint density at radius 2 is 2.12 bits per heavy atom. The third kappa shape index (κ3) is 1.81. The lowest BCUT2D eigenvalue weighted by Gasteiger charge is -2.16. The van der Waals surface area contributed by atoms with Gasteiger partial charge in [-0.15, -0.1) is 22.7 Å². The normalized spacial score (nSPS) is 14.0. The molecule has 0 aromatic carbocycles. The summed E-state index contributed by atoms with van der Waals surface area (Å²) >= 11 is 9.09. The zero-order chi connectivity index (χ0) is 11.8. The maximum Gasteiger partial charge on any atom is 0.191 e. The number of hydrogen-bond acceptors (Lipinski definition) is 6. The number of rotatable bonds is 2. The van der Waals surface area contributed by atoms with Gasteiger partial charge in [-0.2, -0.15) is 0 Å². The summed E-state index contributed by atoms with van der Waals surface area (Å²) in [5, 5.41) is 0. The van der Waals surface area contributed by atoms with Crippen molar-refractivity contribution in [3.8, 4) is 22.1 Å². The minimum absolute atomic E-state index is 0.463. The SMILES string of the molecule is NCc1scnc1-c1sc(Cl)c2c1OCCO2. The molecule has 0 amide bonds. The van der Waals surface area contributed by atoms with E-state index in [0.717, 1.165) is 15.4 Å². The van der Waals surface area contributed by atoms with Gasteiger partial charge in [0, 0.05) is 11.4 Å². The van der Waals surface area contributed by atoms with Gasteiger partial charge in [0.2, 0.25) is 0 Å². The van der Waals surface area contributed by atoms with Crippen LogP contribution in [0, 0.1) is 0 Å². The van der Waals surface area contributed by atoms with Gasteiger partial charge in [0.05, 0.1) is 11.2 Å². The lowest BCUT2D eigenvalue weighted by Crippen LogP contribution is -2.14. The molecule has 0 bridgehead atoms. The Hall–Kier alpha value is -0.820. The van der Waals surface area contributed by atoms with Gasteiger partial charge < -0.3 is 15.2 Å². The standard InChI is InChI=1S/C10H9ClN2O2S2/c11-10-8-7(14-1-2-15-8)9(17-10)6-5(3-12)16-4-13-6/h4H,1-3,12H2. The summed E-state index contributed by atoms with van der Waals surface area (Å²) in [6, 6.07) is 0. The van der Waals surface area contributed by atoms with Crippen LogP contribution in [-0.2, 0) is 6.54 Å². The summed E-state index contributed by atoms with van der Waals surface area (Å²) in [5.41, 5.74) is 8.32. The molecule has 1 aliphatic heterocycles. The van der Waals surface area contributed by atoms with E-state index >= 15 is 0 Å². The minimum Gasteiger partial charge on any atom is -0.484 e. The highest BCUT2D eigenvalue weighted by molar-refractivity contribution is 7.20. The van der Waals surface area contributed by atoms with Gasteiger partial charge in [0.25, 0.3) is 0 Å². The molecule has 17 heavy (non-hydrogen) atoms. The molecule has 90 valence electrons. The minimum atomic E-state index is 0.463. The van der Waals surface area contributed by atoms with Gasteiger partial charge in [-0.05, 0) is 0 Å². The van der Waals surface area contributed by atoms with Crippen molar-refractivity contribution >= 4 is 34.3 Å². The second-order valence-electron chi connectivity index (χ2n) is 3.39. The Balaban J connectivity index is 2.15. The highest BCUT2D eigenvalue weighted by atomic mass is 35.5. The number of halogens is 1. The van der Waals surface area contributed by atoms with Crippen LogP contribution in [0.2, 0.25) is 4.34 Å². The van der Waals surface area contributed by atoms with Crippen LogP contribution in [0.3, 0.4) is 0 Å². The number of thiazole rings is 1. The lowest BCUT2D eigenvalue weighted by molar-refractivity contribution is 0.174. The molecular weight excluding hydrogens is 280 g/mol. The molecule has 0 spiro atoms. The van der Waals surface area contributed by atoms with Gasteiger partial charge in [0.15, 0.2) is 11.5 Å². The van der Waals surface area contributed by atoms with Crippen molar-refractivity contribution in [1.82, 2.24) is 4.98 Å². The summed E-state index contributed by atoms with van der Waals surface area (Å²) in [6.45, 7) is 1.53. The van der Waals surface area contributed by atoms with Crippen LogP contribution in [0.25, 0.3) is 10.6 Å². The fourth-order valence-corrected chi connectivity index (χ4v) is 3.70. The van der Waals surface area contributed by atoms with Crippen molar-refractivity contribution in [2.24, 2.45) is 5.73 Å². The molecule has 0 atom stereocenters. The molecule has 2 aromatic rings. The average molecular weight is 289 g/mol. The largest absolute Gasteiger partial charge is 0.484 e. The molecule has 3 rings (SSSR count). The van der Waals surface area contributed by atoms with Gasteiger partial charge in [-0.25, -0.2) is 4.98 Å². The third-order valence-electron chi connectivity index (χ3n) is 2.40. The molecule has 0 unspecified atom stereocenters. The second kappa shape index (κ2) is 4.45. The zero-order valence-corrected chi connectivity index (χ0v) is 11.1. The summed E-state index contributed by atoms with van der Waals surface area (Å²) in [5.74, 6) is 1.33. The van der Waals surface area contributed by atoms with Crippen LogP contribution >= 0.6 is 34.3 Å². The molecule has 4 nitrogen and oxygen atoms in total. The first kappa shape index (κ1) is 11.3. The maximum atomic E-state index is 6.13. The number of hydrogen-bond donors (Lipinski definition) is 1. The van der Waals surface area contributed by atoms with Crippen molar-refractivity contribution in [2.75, 3.05) is 13.2 Å². The molecule has 0 aliphatic carbocycles. The molecule has 0 radical (unpaired) electrons. The zero-order valence-electron chi connectivity index (χ0n) is 8.73. The van der Waals surface area contributed by atoms with Crippen LogP contribution in [0.15, 0.2) is 5.51 Å². The third-order valence-corrected chi connectivity index (χ3v) is 4.61. The number of nitrogens with two attached hydrogens (primary N) is 1. The number of nitrogens with zero attached hydrogens (tertiary/aromatic N) is 1. The molecule has 0 saturated carbocycles. The summed E-state index contributed by atoms with van der Waals surface area (Å²) in [7, 11) is 0. The predicted octanol–water partition coefficient (Wildman–Crippen LogP) is 2.75. The average Bonchev–Trinajstić information content (AvgIpc) is 2.94. The van der Waals surface area contributed by atoms with E-state index in [4.69, 9.17) is 26.8 Å². The number of fused-ring (bicyclic) bond motifs is 1. The smallest absolute Gasteiger partial charge is 0.191 e. The first-order valence-electron chi connectivity index (χ1n) is 5.02. The van der Waals surface area contributed by atoms with Crippen molar-refractivity contribution in [1.29, 1.82) is 0 Å². The molecule has 2 aromatic heterocycles. The van der Waals surface area contributed by atoms with Crippen LogP contribution in [0.5, 0.6) is 11.5 Å². The van der Waals surface area contributed by atoms with E-state index in [9.17, 15) is 0 Å². The van der Waals surface area contributed by atoms with Crippen molar-refractivity contribution < 1.29 is 9.47 Å². The molecule has 2 N–H and O–H groups in total. The monoisotopic (exact) mass is 288 g/mol. The fourth-order valence-electron chi connectivity index (χ4n) is 1.67. The van der Waals surface area contributed by atoms with E-state index in [-0.39, 0.29) is 0 Å². The van der Waals surface area contributed by atoms with Gasteiger partial charge in [0.1, 0.15) is 22.4 Å². The quantitative estimate of drug-likeness (QED) is 0.923. The van der Waals surface area contributed by atoms with E-state index in [2.05, 4.69) is 4.98 Å².